The number of hydrogen-bond donors (Lipinski definition) is 1. The third-order valence-electron chi connectivity index (χ3n) is 6.46. The second-order valence-corrected chi connectivity index (χ2v) is 7.70. The number of fused-ring (bicyclic) bond motifs is 2. The van der Waals surface area contributed by atoms with Crippen LogP contribution in [0.25, 0.3) is 0 Å². The van der Waals surface area contributed by atoms with E-state index in [0.717, 1.165) is 12.0 Å². The normalized spacial score (nSPS) is 35.0. The molecule has 2 nitrogen and oxygen atoms in total. The maximum atomic E-state index is 14.2. The highest BCUT2D eigenvalue weighted by molar-refractivity contribution is 5.31. The van der Waals surface area contributed by atoms with Gasteiger partial charge in [-0.25, -0.2) is 4.39 Å². The van der Waals surface area contributed by atoms with E-state index in [9.17, 15) is 4.39 Å². The Morgan fingerprint density at radius 3 is 2.52 bits per heavy atom. The van der Waals surface area contributed by atoms with Crippen molar-refractivity contribution in [3.8, 4) is 5.75 Å². The summed E-state index contributed by atoms with van der Waals surface area (Å²) in [6, 6.07) is 4.94. The Morgan fingerprint density at radius 1 is 1.33 bits per heavy atom. The molecule has 2 bridgehead atoms. The van der Waals surface area contributed by atoms with Gasteiger partial charge in [0.25, 0.3) is 0 Å². The van der Waals surface area contributed by atoms with Crippen molar-refractivity contribution in [1.82, 2.24) is 0 Å². The second kappa shape index (κ2) is 4.70. The highest BCUT2D eigenvalue weighted by atomic mass is 19.1. The highest BCUT2D eigenvalue weighted by Crippen LogP contribution is 2.66. The van der Waals surface area contributed by atoms with E-state index in [4.69, 9.17) is 10.5 Å². The summed E-state index contributed by atoms with van der Waals surface area (Å²) in [5.74, 6) is 0.766. The molecule has 21 heavy (non-hydrogen) atoms. The quantitative estimate of drug-likeness (QED) is 0.893. The third-order valence-corrected chi connectivity index (χ3v) is 6.46. The summed E-state index contributed by atoms with van der Waals surface area (Å²) in [7, 11) is 0. The maximum absolute atomic E-state index is 14.2. The van der Waals surface area contributed by atoms with Crippen LogP contribution in [-0.2, 0) is 0 Å². The van der Waals surface area contributed by atoms with Crippen LogP contribution < -0.4 is 10.5 Å². The lowest BCUT2D eigenvalue weighted by Gasteiger charge is -2.38. The lowest BCUT2D eigenvalue weighted by atomic mass is 9.70. The van der Waals surface area contributed by atoms with Gasteiger partial charge in [0.1, 0.15) is 6.10 Å². The van der Waals surface area contributed by atoms with Crippen LogP contribution in [0.2, 0.25) is 0 Å². The molecule has 3 heteroatoms. The van der Waals surface area contributed by atoms with Crippen LogP contribution in [-0.4, -0.2) is 6.10 Å². The Labute approximate surface area is 126 Å². The Balaban J connectivity index is 1.83. The number of nitrogens with two attached hydrogens (primary N) is 1. The second-order valence-electron chi connectivity index (χ2n) is 7.70. The minimum absolute atomic E-state index is 0.113. The largest absolute Gasteiger partial charge is 0.487 e. The lowest BCUT2D eigenvalue weighted by molar-refractivity contribution is 0.0278. The lowest BCUT2D eigenvalue weighted by Crippen LogP contribution is -2.39. The molecule has 2 saturated carbocycles. The predicted octanol–water partition coefficient (Wildman–Crippen LogP) is 4.44. The summed E-state index contributed by atoms with van der Waals surface area (Å²) in [6.07, 6.45) is 3.60. The summed E-state index contributed by atoms with van der Waals surface area (Å²) in [5.41, 5.74) is 7.02. The van der Waals surface area contributed by atoms with E-state index < -0.39 is 0 Å². The molecular weight excluding hydrogens is 265 g/mol. The molecule has 0 aromatic heterocycles. The van der Waals surface area contributed by atoms with Gasteiger partial charge in [0.2, 0.25) is 0 Å². The van der Waals surface area contributed by atoms with Crippen LogP contribution in [0.3, 0.4) is 0 Å². The summed E-state index contributed by atoms with van der Waals surface area (Å²) < 4.78 is 20.3. The van der Waals surface area contributed by atoms with Crippen LogP contribution in [0.5, 0.6) is 5.75 Å². The van der Waals surface area contributed by atoms with Gasteiger partial charge < -0.3 is 10.5 Å². The third kappa shape index (κ3) is 2.09. The first-order valence-corrected chi connectivity index (χ1v) is 7.97. The van der Waals surface area contributed by atoms with E-state index in [1.165, 1.54) is 18.9 Å². The summed E-state index contributed by atoms with van der Waals surface area (Å²) >= 11 is 0. The summed E-state index contributed by atoms with van der Waals surface area (Å²) in [5, 5.41) is 0. The molecule has 2 aliphatic carbocycles. The monoisotopic (exact) mass is 291 g/mol. The minimum atomic E-state index is -0.297. The van der Waals surface area contributed by atoms with Crippen LogP contribution in [0.4, 0.5) is 4.39 Å². The molecule has 3 rings (SSSR count). The van der Waals surface area contributed by atoms with Gasteiger partial charge in [0.15, 0.2) is 11.6 Å². The molecule has 0 aliphatic heterocycles. The molecule has 2 fully saturated rings. The van der Waals surface area contributed by atoms with Crippen molar-refractivity contribution >= 4 is 0 Å². The minimum Gasteiger partial charge on any atom is -0.487 e. The Kier molecular flexibility index (Phi) is 3.32. The molecule has 0 amide bonds. The van der Waals surface area contributed by atoms with E-state index in [2.05, 4.69) is 20.8 Å². The molecule has 2 N–H and O–H groups in total. The van der Waals surface area contributed by atoms with E-state index >= 15 is 0 Å². The first kappa shape index (κ1) is 14.8. The molecule has 0 saturated heterocycles. The summed E-state index contributed by atoms with van der Waals surface area (Å²) in [6.45, 7) is 8.83. The van der Waals surface area contributed by atoms with Gasteiger partial charge in [-0.3, -0.25) is 0 Å². The fourth-order valence-corrected chi connectivity index (χ4v) is 4.36. The maximum Gasteiger partial charge on any atom is 0.165 e. The fourth-order valence-electron chi connectivity index (χ4n) is 4.36. The summed E-state index contributed by atoms with van der Waals surface area (Å²) in [4.78, 5) is 0. The first-order chi connectivity index (χ1) is 9.75. The van der Waals surface area contributed by atoms with Gasteiger partial charge in [-0.05, 0) is 55.2 Å². The van der Waals surface area contributed by atoms with E-state index in [-0.39, 0.29) is 28.8 Å². The number of halogens is 1. The SMILES string of the molecule is CC(N)c1ccc(OC2CC3CCC2(C)C3(C)C)c(F)c1. The molecule has 1 aromatic carbocycles. The smallest absolute Gasteiger partial charge is 0.165 e. The van der Waals surface area contributed by atoms with Crippen molar-refractivity contribution in [3.05, 3.63) is 29.6 Å². The van der Waals surface area contributed by atoms with E-state index in [1.54, 1.807) is 6.07 Å². The van der Waals surface area contributed by atoms with Crippen LogP contribution in [0.1, 0.15) is 58.6 Å². The number of hydrogen-bond acceptors (Lipinski definition) is 2. The standard InChI is InChI=1S/C18H26FNO/c1-11(20)12-5-6-15(14(19)9-12)21-16-10-13-7-8-18(16,4)17(13,2)3/h5-6,9,11,13,16H,7-8,10,20H2,1-4H3. The van der Waals surface area contributed by atoms with Gasteiger partial charge in [0, 0.05) is 11.5 Å². The molecule has 0 heterocycles. The zero-order valence-corrected chi connectivity index (χ0v) is 13.4. The van der Waals surface area contributed by atoms with Crippen molar-refractivity contribution in [2.24, 2.45) is 22.5 Å². The molecule has 4 unspecified atom stereocenters. The van der Waals surface area contributed by atoms with Gasteiger partial charge in [-0.2, -0.15) is 0 Å². The predicted molar refractivity (Wildman–Crippen MR) is 82.6 cm³/mol. The number of rotatable bonds is 3. The van der Waals surface area contributed by atoms with Gasteiger partial charge in [-0.15, -0.1) is 0 Å². The average molecular weight is 291 g/mol. The van der Waals surface area contributed by atoms with Gasteiger partial charge in [-0.1, -0.05) is 26.8 Å². The first-order valence-electron chi connectivity index (χ1n) is 7.97. The van der Waals surface area contributed by atoms with E-state index in [1.807, 2.05) is 13.0 Å². The van der Waals surface area contributed by atoms with Gasteiger partial charge in [0.05, 0.1) is 0 Å². The Bertz CT molecular complexity index is 554. The zero-order chi connectivity index (χ0) is 15.4. The topological polar surface area (TPSA) is 35.2 Å². The van der Waals surface area contributed by atoms with Crippen molar-refractivity contribution in [3.63, 3.8) is 0 Å². The molecule has 0 spiro atoms. The molecule has 2 aliphatic rings. The van der Waals surface area contributed by atoms with Gasteiger partial charge >= 0.3 is 0 Å². The molecule has 4 atom stereocenters. The van der Waals surface area contributed by atoms with Crippen molar-refractivity contribution < 1.29 is 9.13 Å². The average Bonchev–Trinajstić information content (AvgIpc) is 2.74. The highest BCUT2D eigenvalue weighted by Gasteiger charge is 2.62. The van der Waals surface area contributed by atoms with Crippen molar-refractivity contribution in [2.75, 3.05) is 0 Å². The van der Waals surface area contributed by atoms with Crippen LogP contribution in [0, 0.1) is 22.6 Å². The molecule has 116 valence electrons. The zero-order valence-electron chi connectivity index (χ0n) is 13.4. The van der Waals surface area contributed by atoms with Crippen molar-refractivity contribution in [1.29, 1.82) is 0 Å². The molecule has 0 radical (unpaired) electrons. The van der Waals surface area contributed by atoms with Crippen LogP contribution >= 0.6 is 0 Å². The number of ether oxygens (including phenoxy) is 1. The Morgan fingerprint density at radius 2 is 2.05 bits per heavy atom. The fraction of sp³-hybridized carbons (Fsp3) is 0.667. The molecule has 1 aromatic rings. The van der Waals surface area contributed by atoms with Crippen LogP contribution in [0.15, 0.2) is 18.2 Å². The Hall–Kier alpha value is -1.09. The van der Waals surface area contributed by atoms with Crippen molar-refractivity contribution in [2.45, 2.75) is 59.1 Å². The van der Waals surface area contributed by atoms with E-state index in [0.29, 0.717) is 11.7 Å². The number of benzene rings is 1. The molecular formula is C18H26FNO.